The predicted molar refractivity (Wildman–Crippen MR) is 143 cm³/mol. The van der Waals surface area contributed by atoms with E-state index in [-0.39, 0.29) is 27.1 Å². The zero-order valence-corrected chi connectivity index (χ0v) is 22.3. The van der Waals surface area contributed by atoms with Crippen LogP contribution in [0.4, 0.5) is 18.9 Å². The van der Waals surface area contributed by atoms with Crippen molar-refractivity contribution in [3.63, 3.8) is 0 Å². The van der Waals surface area contributed by atoms with Gasteiger partial charge in [-0.05, 0) is 56.7 Å². The van der Waals surface area contributed by atoms with Crippen molar-refractivity contribution >= 4 is 51.5 Å². The molecule has 2 aromatic carbocycles. The Morgan fingerprint density at radius 2 is 1.82 bits per heavy atom. The highest BCUT2D eigenvalue weighted by Gasteiger charge is 2.37. The largest absolute Gasteiger partial charge is 0.435 e. The monoisotopic (exact) mass is 575 g/mol. The first kappa shape index (κ1) is 27.0. The predicted octanol–water partition coefficient (Wildman–Crippen LogP) is 6.98. The van der Waals surface area contributed by atoms with Gasteiger partial charge in [-0.2, -0.15) is 18.3 Å². The summed E-state index contributed by atoms with van der Waals surface area (Å²) in [5.74, 6) is -1.62. The smallest absolute Gasteiger partial charge is 0.347 e. The first-order valence-corrected chi connectivity index (χ1v) is 12.8. The average Bonchev–Trinajstić information content (AvgIpc) is 3.31. The minimum atomic E-state index is -4.84. The molecule has 1 aliphatic carbocycles. The molecule has 1 saturated carbocycles. The van der Waals surface area contributed by atoms with Crippen LogP contribution in [0.1, 0.15) is 58.3 Å². The van der Waals surface area contributed by atoms with Gasteiger partial charge in [0.25, 0.3) is 11.8 Å². The van der Waals surface area contributed by atoms with Crippen molar-refractivity contribution < 1.29 is 22.8 Å². The number of nitrogens with one attached hydrogen (secondary N) is 2. The van der Waals surface area contributed by atoms with E-state index in [1.165, 1.54) is 18.3 Å². The van der Waals surface area contributed by atoms with E-state index in [9.17, 15) is 22.8 Å². The minimum Gasteiger partial charge on any atom is -0.347 e. The highest BCUT2D eigenvalue weighted by molar-refractivity contribution is 6.40. The second kappa shape index (κ2) is 9.84. The van der Waals surface area contributed by atoms with E-state index in [2.05, 4.69) is 20.7 Å². The number of aryl methyl sites for hydroxylation is 1. The quantitative estimate of drug-likeness (QED) is 0.268. The van der Waals surface area contributed by atoms with Gasteiger partial charge in [-0.1, -0.05) is 47.0 Å². The molecule has 0 bridgehead atoms. The van der Waals surface area contributed by atoms with E-state index in [0.717, 1.165) is 24.8 Å². The summed E-state index contributed by atoms with van der Waals surface area (Å²) >= 11 is 12.9. The molecule has 1 aliphatic rings. The number of anilines is 1. The summed E-state index contributed by atoms with van der Waals surface area (Å²) < 4.78 is 41.5. The topological polar surface area (TPSA) is 88.9 Å². The molecule has 202 valence electrons. The van der Waals surface area contributed by atoms with Crippen LogP contribution in [0, 0.1) is 6.92 Å². The SMILES string of the molecule is Cc1ccc2c(Cl)c(NC(=O)c3cc(C(F)(F)F)nn3-c3ncccc3Cl)c(C(=O)NC3(C)CCC3)cc2c1. The van der Waals surface area contributed by atoms with Crippen molar-refractivity contribution in [1.29, 1.82) is 0 Å². The molecular weight excluding hydrogens is 554 g/mol. The molecule has 2 N–H and O–H groups in total. The van der Waals surface area contributed by atoms with Gasteiger partial charge in [0.05, 0.1) is 21.3 Å². The molecule has 4 aromatic rings. The van der Waals surface area contributed by atoms with Crippen molar-refractivity contribution in [2.24, 2.45) is 0 Å². The van der Waals surface area contributed by atoms with Crippen LogP contribution >= 0.6 is 23.2 Å². The third-order valence-corrected chi connectivity index (χ3v) is 7.45. The highest BCUT2D eigenvalue weighted by Crippen LogP contribution is 2.38. The number of benzene rings is 2. The highest BCUT2D eigenvalue weighted by atomic mass is 35.5. The number of amides is 2. The van der Waals surface area contributed by atoms with E-state index < -0.39 is 34.9 Å². The lowest BCUT2D eigenvalue weighted by Crippen LogP contribution is -2.51. The summed E-state index contributed by atoms with van der Waals surface area (Å²) in [7, 11) is 0. The van der Waals surface area contributed by atoms with Crippen molar-refractivity contribution in [1.82, 2.24) is 20.1 Å². The van der Waals surface area contributed by atoms with Crippen LogP contribution in [0.3, 0.4) is 0 Å². The molecule has 7 nitrogen and oxygen atoms in total. The average molecular weight is 576 g/mol. The second-order valence-electron chi connectivity index (χ2n) is 9.79. The molecule has 12 heteroatoms. The molecule has 5 rings (SSSR count). The number of alkyl halides is 3. The number of pyridine rings is 1. The fourth-order valence-electron chi connectivity index (χ4n) is 4.51. The van der Waals surface area contributed by atoms with Gasteiger partial charge in [0.2, 0.25) is 0 Å². The Morgan fingerprint density at radius 1 is 1.08 bits per heavy atom. The van der Waals surface area contributed by atoms with E-state index in [1.807, 2.05) is 26.0 Å². The fourth-order valence-corrected chi connectivity index (χ4v) is 5.03. The molecule has 0 spiro atoms. The summed E-state index contributed by atoms with van der Waals surface area (Å²) in [6.07, 6.45) is -0.970. The van der Waals surface area contributed by atoms with E-state index in [4.69, 9.17) is 23.2 Å². The van der Waals surface area contributed by atoms with Crippen LogP contribution in [0.5, 0.6) is 0 Å². The number of aromatic nitrogens is 3. The maximum absolute atomic E-state index is 13.6. The number of hydrogen-bond acceptors (Lipinski definition) is 4. The van der Waals surface area contributed by atoms with Crippen LogP contribution in [0.25, 0.3) is 16.6 Å². The van der Waals surface area contributed by atoms with Crippen LogP contribution in [-0.2, 0) is 6.18 Å². The molecule has 39 heavy (non-hydrogen) atoms. The van der Waals surface area contributed by atoms with Gasteiger partial charge < -0.3 is 10.6 Å². The maximum Gasteiger partial charge on any atom is 0.435 e. The molecule has 0 saturated heterocycles. The maximum atomic E-state index is 13.6. The van der Waals surface area contributed by atoms with Gasteiger partial charge in [0.1, 0.15) is 5.69 Å². The van der Waals surface area contributed by atoms with E-state index in [1.54, 1.807) is 12.1 Å². The molecular formula is C27H22Cl2F3N5O2. The van der Waals surface area contributed by atoms with Crippen molar-refractivity contribution in [3.8, 4) is 5.82 Å². The lowest BCUT2D eigenvalue weighted by Gasteiger charge is -2.39. The van der Waals surface area contributed by atoms with Gasteiger partial charge in [-0.3, -0.25) is 9.59 Å². The van der Waals surface area contributed by atoms with E-state index >= 15 is 0 Å². The molecule has 0 atom stereocenters. The number of nitrogens with zero attached hydrogens (tertiary/aromatic N) is 3. The van der Waals surface area contributed by atoms with Gasteiger partial charge >= 0.3 is 6.18 Å². The molecule has 1 fully saturated rings. The molecule has 0 unspecified atom stereocenters. The zero-order chi connectivity index (χ0) is 28.1. The standard InChI is InChI=1S/C27H22Cl2F3N5O2/c1-14-6-7-16-15(11-14)12-17(24(38)35-26(2)8-4-9-26)22(21(16)29)34-25(39)19-13-20(27(30,31)32)36-37(19)23-18(28)5-3-10-33-23/h3,5-7,10-13H,4,8-9H2,1-2H3,(H,34,39)(H,35,38). The lowest BCUT2D eigenvalue weighted by atomic mass is 9.78. The normalized spacial score (nSPS) is 14.6. The first-order valence-electron chi connectivity index (χ1n) is 12.0. The molecule has 0 aliphatic heterocycles. The molecule has 2 aromatic heterocycles. The molecule has 2 amide bonds. The number of rotatable bonds is 5. The Labute approximate surface area is 231 Å². The number of hydrogen-bond donors (Lipinski definition) is 2. The molecule has 2 heterocycles. The van der Waals surface area contributed by atoms with Gasteiger partial charge in [0.15, 0.2) is 11.5 Å². The summed E-state index contributed by atoms with van der Waals surface area (Å²) in [5.41, 5.74) is -1.24. The second-order valence-corrected chi connectivity index (χ2v) is 10.6. The number of carbonyl (C=O) groups is 2. The van der Waals surface area contributed by atoms with Crippen molar-refractivity contribution in [3.05, 3.63) is 81.2 Å². The number of fused-ring (bicyclic) bond motifs is 1. The zero-order valence-electron chi connectivity index (χ0n) is 20.8. The van der Waals surface area contributed by atoms with Crippen molar-refractivity contribution in [2.75, 3.05) is 5.32 Å². The number of halogens is 5. The van der Waals surface area contributed by atoms with Crippen LogP contribution in [-0.4, -0.2) is 32.1 Å². The Bertz CT molecular complexity index is 1630. The summed E-state index contributed by atoms with van der Waals surface area (Å²) in [6.45, 7) is 3.81. The fraction of sp³-hybridized carbons (Fsp3) is 0.259. The van der Waals surface area contributed by atoms with Gasteiger partial charge in [-0.25, -0.2) is 9.67 Å². The van der Waals surface area contributed by atoms with Crippen LogP contribution in [0.15, 0.2) is 48.7 Å². The lowest BCUT2D eigenvalue weighted by molar-refractivity contribution is -0.141. The minimum absolute atomic E-state index is 0.0173. The molecule has 0 radical (unpaired) electrons. The van der Waals surface area contributed by atoms with E-state index in [0.29, 0.717) is 21.5 Å². The third kappa shape index (κ3) is 5.18. The Morgan fingerprint density at radius 3 is 2.46 bits per heavy atom. The summed E-state index contributed by atoms with van der Waals surface area (Å²) in [5, 5.41) is 10.4. The van der Waals surface area contributed by atoms with Gasteiger partial charge in [-0.15, -0.1) is 0 Å². The Kier molecular flexibility index (Phi) is 6.80. The van der Waals surface area contributed by atoms with Crippen LogP contribution < -0.4 is 10.6 Å². The Balaban J connectivity index is 1.62. The first-order chi connectivity index (χ1) is 18.4. The summed E-state index contributed by atoms with van der Waals surface area (Å²) in [4.78, 5) is 30.9. The van der Waals surface area contributed by atoms with Crippen molar-refractivity contribution in [2.45, 2.75) is 44.8 Å². The van der Waals surface area contributed by atoms with Gasteiger partial charge in [0, 0.05) is 23.2 Å². The Hall–Kier alpha value is -3.63. The van der Waals surface area contributed by atoms with Crippen LogP contribution in [0.2, 0.25) is 10.0 Å². The summed E-state index contributed by atoms with van der Waals surface area (Å²) in [6, 6.07) is 10.5. The third-order valence-electron chi connectivity index (χ3n) is 6.76. The number of carbonyl (C=O) groups excluding carboxylic acids is 2.